The Balaban J connectivity index is 2.49. The van der Waals surface area contributed by atoms with E-state index in [4.69, 9.17) is 10.5 Å². The van der Waals surface area contributed by atoms with E-state index in [1.807, 2.05) is 6.92 Å². The third-order valence-corrected chi connectivity index (χ3v) is 2.64. The van der Waals surface area contributed by atoms with Gasteiger partial charge in [0, 0.05) is 18.8 Å². The number of methoxy groups -OCH3 is 1. The summed E-state index contributed by atoms with van der Waals surface area (Å²) in [6.45, 7) is 2.68. The highest BCUT2D eigenvalue weighted by atomic mass is 16.5. The van der Waals surface area contributed by atoms with Crippen molar-refractivity contribution >= 4 is 17.6 Å². The van der Waals surface area contributed by atoms with Gasteiger partial charge < -0.3 is 15.8 Å². The van der Waals surface area contributed by atoms with Crippen LogP contribution in [0.15, 0.2) is 18.6 Å². The van der Waals surface area contributed by atoms with Gasteiger partial charge in [0.15, 0.2) is 11.6 Å². The fraction of sp³-hybridized carbons (Fsp3) is 0.333. The summed E-state index contributed by atoms with van der Waals surface area (Å²) < 4.78 is 6.12. The molecule has 20 heavy (non-hydrogen) atoms. The maximum atomic E-state index is 11.8. The first-order valence-electron chi connectivity index (χ1n) is 6.16. The Hall–Kier alpha value is -2.64. The van der Waals surface area contributed by atoms with Gasteiger partial charge in [-0.05, 0) is 6.42 Å². The van der Waals surface area contributed by atoms with Crippen LogP contribution in [0.3, 0.4) is 0 Å². The zero-order chi connectivity index (χ0) is 14.5. The summed E-state index contributed by atoms with van der Waals surface area (Å²) in [5.74, 6) is 0.498. The van der Waals surface area contributed by atoms with E-state index in [-0.39, 0.29) is 11.4 Å². The predicted molar refractivity (Wildman–Crippen MR) is 73.7 cm³/mol. The first kappa shape index (κ1) is 13.8. The Bertz CT molecular complexity index is 595. The molecule has 0 aliphatic rings. The van der Waals surface area contributed by atoms with Crippen molar-refractivity contribution in [3.63, 3.8) is 0 Å². The number of esters is 1. The van der Waals surface area contributed by atoms with Crippen LogP contribution in [0.1, 0.15) is 23.7 Å². The molecule has 0 amide bonds. The highest BCUT2D eigenvalue weighted by Crippen LogP contribution is 2.24. The monoisotopic (exact) mass is 276 g/mol. The lowest BCUT2D eigenvalue weighted by Gasteiger charge is -2.03. The fourth-order valence-electron chi connectivity index (χ4n) is 1.69. The number of anilines is 2. The number of nitrogens with two attached hydrogens (primary N) is 1. The molecule has 0 saturated heterocycles. The molecule has 0 aliphatic carbocycles. The van der Waals surface area contributed by atoms with E-state index in [9.17, 15) is 4.79 Å². The minimum atomic E-state index is -0.540. The van der Waals surface area contributed by atoms with E-state index < -0.39 is 5.97 Å². The maximum absolute atomic E-state index is 11.8. The largest absolute Gasteiger partial charge is 0.465 e. The van der Waals surface area contributed by atoms with Crippen molar-refractivity contribution in [2.75, 3.05) is 24.7 Å². The average molecular weight is 276 g/mol. The van der Waals surface area contributed by atoms with Crippen molar-refractivity contribution in [2.24, 2.45) is 0 Å². The molecule has 0 aromatic carbocycles. The Morgan fingerprint density at radius 2 is 2.35 bits per heavy atom. The molecule has 2 heterocycles. The minimum Gasteiger partial charge on any atom is -0.465 e. The number of carbonyl (C=O) groups is 1. The fourth-order valence-corrected chi connectivity index (χ4v) is 1.69. The molecule has 0 unspecified atom stereocenters. The molecule has 0 atom stereocenters. The van der Waals surface area contributed by atoms with E-state index in [0.29, 0.717) is 18.2 Å². The highest BCUT2D eigenvalue weighted by Gasteiger charge is 2.23. The second kappa shape index (κ2) is 6.00. The van der Waals surface area contributed by atoms with Gasteiger partial charge in [0.25, 0.3) is 0 Å². The third-order valence-electron chi connectivity index (χ3n) is 2.64. The van der Waals surface area contributed by atoms with Crippen molar-refractivity contribution < 1.29 is 9.53 Å². The number of nitrogen functional groups attached to an aromatic ring is 1. The highest BCUT2D eigenvalue weighted by molar-refractivity contribution is 5.99. The molecule has 2 rings (SSSR count). The Morgan fingerprint density at radius 3 is 2.95 bits per heavy atom. The Kier molecular flexibility index (Phi) is 4.14. The molecular weight excluding hydrogens is 260 g/mol. The molecule has 8 heteroatoms. The van der Waals surface area contributed by atoms with Crippen LogP contribution in [-0.4, -0.2) is 39.4 Å². The van der Waals surface area contributed by atoms with E-state index in [2.05, 4.69) is 20.4 Å². The van der Waals surface area contributed by atoms with Gasteiger partial charge in [-0.2, -0.15) is 4.68 Å². The normalized spacial score (nSPS) is 10.3. The zero-order valence-electron chi connectivity index (χ0n) is 11.3. The van der Waals surface area contributed by atoms with Crippen LogP contribution in [0.25, 0.3) is 5.82 Å². The van der Waals surface area contributed by atoms with Crippen LogP contribution < -0.4 is 11.1 Å². The minimum absolute atomic E-state index is 0.175. The number of carbonyl (C=O) groups excluding carboxylic acids is 1. The van der Waals surface area contributed by atoms with Crippen molar-refractivity contribution in [2.45, 2.75) is 13.3 Å². The number of nitrogens with one attached hydrogen (secondary N) is 1. The van der Waals surface area contributed by atoms with Gasteiger partial charge >= 0.3 is 5.97 Å². The van der Waals surface area contributed by atoms with Gasteiger partial charge in [-0.25, -0.2) is 14.8 Å². The first-order chi connectivity index (χ1) is 9.69. The van der Waals surface area contributed by atoms with Crippen LogP contribution in [0.2, 0.25) is 0 Å². The number of aromatic nitrogens is 4. The van der Waals surface area contributed by atoms with Crippen LogP contribution in [0.5, 0.6) is 0 Å². The first-order valence-corrected chi connectivity index (χ1v) is 6.16. The van der Waals surface area contributed by atoms with E-state index in [0.717, 1.165) is 6.42 Å². The maximum Gasteiger partial charge on any atom is 0.345 e. The molecule has 3 N–H and O–H groups in total. The standard InChI is InChI=1S/C12H16N6O2/c1-3-5-15-11-9(12(19)20-2)10(13)18(17-11)8-4-6-14-7-16-8/h4,6-7H,3,5,13H2,1-2H3,(H,15,17). The van der Waals surface area contributed by atoms with Crippen molar-refractivity contribution in [3.05, 3.63) is 24.2 Å². The molecule has 0 aliphatic heterocycles. The Labute approximate surface area is 116 Å². The van der Waals surface area contributed by atoms with Crippen LogP contribution in [0.4, 0.5) is 11.6 Å². The summed E-state index contributed by atoms with van der Waals surface area (Å²) in [6.07, 6.45) is 3.84. The summed E-state index contributed by atoms with van der Waals surface area (Å²) in [4.78, 5) is 19.7. The summed E-state index contributed by atoms with van der Waals surface area (Å²) >= 11 is 0. The number of nitrogens with zero attached hydrogens (tertiary/aromatic N) is 4. The molecule has 106 valence electrons. The average Bonchev–Trinajstić information content (AvgIpc) is 2.82. The van der Waals surface area contributed by atoms with Crippen molar-refractivity contribution in [3.8, 4) is 5.82 Å². The van der Waals surface area contributed by atoms with Crippen molar-refractivity contribution in [1.82, 2.24) is 19.7 Å². The molecular formula is C12H16N6O2. The molecule has 0 fully saturated rings. The molecule has 2 aromatic heterocycles. The quantitative estimate of drug-likeness (QED) is 0.779. The molecule has 0 bridgehead atoms. The second-order valence-corrected chi connectivity index (χ2v) is 4.01. The van der Waals surface area contributed by atoms with Crippen LogP contribution in [0, 0.1) is 0 Å². The van der Waals surface area contributed by atoms with Gasteiger partial charge in [-0.15, -0.1) is 5.10 Å². The van der Waals surface area contributed by atoms with Crippen LogP contribution >= 0.6 is 0 Å². The smallest absolute Gasteiger partial charge is 0.345 e. The van der Waals surface area contributed by atoms with Gasteiger partial charge in [-0.1, -0.05) is 6.92 Å². The molecule has 0 spiro atoms. The number of hydrogen-bond donors (Lipinski definition) is 2. The Morgan fingerprint density at radius 1 is 1.55 bits per heavy atom. The zero-order valence-corrected chi connectivity index (χ0v) is 11.3. The lowest BCUT2D eigenvalue weighted by molar-refractivity contribution is 0.0603. The van der Waals surface area contributed by atoms with Crippen LogP contribution in [-0.2, 0) is 4.74 Å². The molecule has 2 aromatic rings. The number of rotatable bonds is 5. The van der Waals surface area contributed by atoms with Gasteiger partial charge in [0.1, 0.15) is 17.7 Å². The molecule has 0 radical (unpaired) electrons. The van der Waals surface area contributed by atoms with E-state index in [1.54, 1.807) is 12.3 Å². The van der Waals surface area contributed by atoms with Crippen molar-refractivity contribution in [1.29, 1.82) is 0 Å². The summed E-state index contributed by atoms with van der Waals surface area (Å²) in [7, 11) is 1.30. The SMILES string of the molecule is CCCNc1nn(-c2ccncn2)c(N)c1C(=O)OC. The van der Waals surface area contributed by atoms with Gasteiger partial charge in [0.05, 0.1) is 7.11 Å². The number of hydrogen-bond acceptors (Lipinski definition) is 7. The summed E-state index contributed by atoms with van der Waals surface area (Å²) in [5, 5.41) is 7.33. The van der Waals surface area contributed by atoms with E-state index >= 15 is 0 Å². The summed E-state index contributed by atoms with van der Waals surface area (Å²) in [6, 6.07) is 1.65. The third kappa shape index (κ3) is 2.53. The topological polar surface area (TPSA) is 108 Å². The van der Waals surface area contributed by atoms with E-state index in [1.165, 1.54) is 18.1 Å². The lowest BCUT2D eigenvalue weighted by atomic mass is 10.3. The van der Waals surface area contributed by atoms with Gasteiger partial charge in [-0.3, -0.25) is 0 Å². The molecule has 0 saturated carbocycles. The summed E-state index contributed by atoms with van der Waals surface area (Å²) in [5.41, 5.74) is 6.19. The predicted octanol–water partition coefficient (Wildman–Crippen LogP) is 0.853. The number of ether oxygens (including phenoxy) is 1. The van der Waals surface area contributed by atoms with Gasteiger partial charge in [0.2, 0.25) is 0 Å². The second-order valence-electron chi connectivity index (χ2n) is 4.01. The molecule has 8 nitrogen and oxygen atoms in total. The lowest BCUT2D eigenvalue weighted by Crippen LogP contribution is -2.09.